The summed E-state index contributed by atoms with van der Waals surface area (Å²) < 4.78 is 35.7. The van der Waals surface area contributed by atoms with E-state index in [0.29, 0.717) is 24.0 Å². The van der Waals surface area contributed by atoms with Crippen LogP contribution in [-0.2, 0) is 30.2 Å². The minimum absolute atomic E-state index is 0.289. The molecule has 0 aliphatic carbocycles. The van der Waals surface area contributed by atoms with Gasteiger partial charge in [-0.2, -0.15) is 0 Å². The van der Waals surface area contributed by atoms with E-state index in [2.05, 4.69) is 102 Å². The van der Waals surface area contributed by atoms with Crippen molar-refractivity contribution in [2.45, 2.75) is 130 Å². The minimum atomic E-state index is -3.86. The van der Waals surface area contributed by atoms with Crippen LogP contribution >= 0.6 is 0 Å². The Hall–Kier alpha value is -0.479. The van der Waals surface area contributed by atoms with Gasteiger partial charge in [0.1, 0.15) is 0 Å². The van der Waals surface area contributed by atoms with Crippen LogP contribution in [0.2, 0.25) is 78.6 Å². The fourth-order valence-electron chi connectivity index (χ4n) is 3.90. The third-order valence-electron chi connectivity index (χ3n) is 5.13. The molecule has 0 rings (SSSR count). The Labute approximate surface area is 257 Å². The first-order chi connectivity index (χ1) is 18.1. The zero-order valence-electron chi connectivity index (χ0n) is 28.8. The SMILES string of the molecule is C=C(C)C(=O)NC(CC)[Si](O[Si](C)(C)C)(O[Si](C)(C)C)O[Si](O[Si](C)(C)C)(O[Si](C)(C)C)C(CC)NC(=O)C(=C)C. The van der Waals surface area contributed by atoms with Crippen LogP contribution in [0.25, 0.3) is 0 Å². The lowest BCUT2D eigenvalue weighted by Crippen LogP contribution is -2.77. The number of carbonyl (C=O) groups excluding carboxylic acids is 2. The molecule has 0 aromatic carbocycles. The third-order valence-corrected chi connectivity index (χ3v) is 24.6. The van der Waals surface area contributed by atoms with Crippen molar-refractivity contribution in [3.05, 3.63) is 24.3 Å². The molecule has 15 heteroatoms. The normalized spacial score (nSPS) is 15.2. The average Bonchev–Trinajstić information content (AvgIpc) is 2.69. The molecule has 9 nitrogen and oxygen atoms in total. The summed E-state index contributed by atoms with van der Waals surface area (Å²) in [6.45, 7) is 40.0. The van der Waals surface area contributed by atoms with E-state index in [1.807, 2.05) is 13.8 Å². The van der Waals surface area contributed by atoms with Crippen LogP contribution in [0.5, 0.6) is 0 Å². The molecule has 2 amide bonds. The minimum Gasteiger partial charge on any atom is -0.416 e. The van der Waals surface area contributed by atoms with Gasteiger partial charge in [0.05, 0.1) is 11.3 Å². The number of amides is 2. The summed E-state index contributed by atoms with van der Waals surface area (Å²) in [6, 6.07) is 0. The molecule has 0 aliphatic rings. The van der Waals surface area contributed by atoms with Crippen LogP contribution in [0.15, 0.2) is 24.3 Å². The fraction of sp³-hybridized carbons (Fsp3) is 0.769. The Bertz CT molecular complexity index is 831. The van der Waals surface area contributed by atoms with Gasteiger partial charge in [-0.25, -0.2) is 0 Å². The number of hydrogen-bond acceptors (Lipinski definition) is 7. The molecule has 0 radical (unpaired) electrons. The zero-order valence-corrected chi connectivity index (χ0v) is 34.8. The summed E-state index contributed by atoms with van der Waals surface area (Å²) in [6.07, 6.45) is 0.999. The summed E-state index contributed by atoms with van der Waals surface area (Å²) in [5.41, 5.74) is -0.399. The van der Waals surface area contributed by atoms with Crippen molar-refractivity contribution in [3.8, 4) is 0 Å². The molecule has 2 unspecified atom stereocenters. The van der Waals surface area contributed by atoms with E-state index >= 15 is 0 Å². The number of rotatable bonds is 18. The molecule has 0 bridgehead atoms. The molecule has 0 spiro atoms. The second-order valence-corrected chi connectivity index (χ2v) is 39.4. The highest BCUT2D eigenvalue weighted by atomic mass is 28.5. The van der Waals surface area contributed by atoms with Crippen molar-refractivity contribution >= 4 is 62.7 Å². The number of hydrogen-bond donors (Lipinski definition) is 2. The molecule has 0 aromatic rings. The summed E-state index contributed by atoms with van der Waals surface area (Å²) in [5, 5.41) is 6.28. The highest BCUT2D eigenvalue weighted by Crippen LogP contribution is 2.35. The molecule has 0 saturated heterocycles. The molecular formula is C26H60N2O7Si6. The van der Waals surface area contributed by atoms with E-state index in [4.69, 9.17) is 20.6 Å². The lowest BCUT2D eigenvalue weighted by atomic mass is 10.3. The Morgan fingerprint density at radius 3 is 0.902 bits per heavy atom. The van der Waals surface area contributed by atoms with E-state index in [9.17, 15) is 9.59 Å². The van der Waals surface area contributed by atoms with Crippen molar-refractivity contribution in [2.24, 2.45) is 0 Å². The van der Waals surface area contributed by atoms with Crippen molar-refractivity contribution < 1.29 is 30.2 Å². The first-order valence-corrected chi connectivity index (χ1v) is 31.8. The van der Waals surface area contributed by atoms with Crippen molar-refractivity contribution in [3.63, 3.8) is 0 Å². The van der Waals surface area contributed by atoms with Crippen molar-refractivity contribution in [1.82, 2.24) is 10.6 Å². The summed E-state index contributed by atoms with van der Waals surface area (Å²) >= 11 is 0. The smallest absolute Gasteiger partial charge is 0.416 e. The largest absolute Gasteiger partial charge is 0.496 e. The first-order valence-electron chi connectivity index (χ1n) is 14.5. The van der Waals surface area contributed by atoms with Gasteiger partial charge in [0.15, 0.2) is 33.3 Å². The Balaban J connectivity index is 7.86. The maximum absolute atomic E-state index is 13.1. The maximum Gasteiger partial charge on any atom is 0.496 e. The second-order valence-electron chi connectivity index (χ2n) is 14.6. The lowest BCUT2D eigenvalue weighted by Gasteiger charge is -2.51. The summed E-state index contributed by atoms with van der Waals surface area (Å²) in [4.78, 5) is 26.2. The molecule has 41 heavy (non-hydrogen) atoms. The van der Waals surface area contributed by atoms with Gasteiger partial charge in [0.2, 0.25) is 11.8 Å². The van der Waals surface area contributed by atoms with Crippen molar-refractivity contribution in [1.29, 1.82) is 0 Å². The van der Waals surface area contributed by atoms with E-state index in [1.54, 1.807) is 13.8 Å². The molecule has 2 atom stereocenters. The monoisotopic (exact) mass is 680 g/mol. The summed E-state index contributed by atoms with van der Waals surface area (Å²) in [5.74, 6) is -0.578. The topological polar surface area (TPSA) is 104 Å². The van der Waals surface area contributed by atoms with E-state index in [1.165, 1.54) is 0 Å². The number of carbonyl (C=O) groups is 2. The van der Waals surface area contributed by atoms with Crippen LogP contribution in [0.4, 0.5) is 0 Å². The third kappa shape index (κ3) is 14.7. The first kappa shape index (κ1) is 40.5. The van der Waals surface area contributed by atoms with Gasteiger partial charge in [-0.3, -0.25) is 9.59 Å². The van der Waals surface area contributed by atoms with Crippen LogP contribution < -0.4 is 10.6 Å². The quantitative estimate of drug-likeness (QED) is 0.129. The van der Waals surface area contributed by atoms with E-state index in [0.717, 1.165) is 0 Å². The standard InChI is InChI=1S/C26H60N2O7Si6/c1-19-23(27-25(29)21(3)4)40(31-36(7,8)9,32-37(10,11)12)35-41(33-38(13,14)15,34-39(16,17)18)24(20-2)28-26(30)22(5)6/h23-24H,3,5,19-20H2,1-2,4,6-18H3,(H,27,29)(H,28,30). The van der Waals surface area contributed by atoms with Gasteiger partial charge in [0.25, 0.3) is 0 Å². The highest BCUT2D eigenvalue weighted by molar-refractivity contribution is 6.93. The average molecular weight is 681 g/mol. The molecule has 240 valence electrons. The number of nitrogens with one attached hydrogen (secondary N) is 2. The molecule has 0 heterocycles. The predicted molar refractivity (Wildman–Crippen MR) is 184 cm³/mol. The van der Waals surface area contributed by atoms with Gasteiger partial charge in [-0.05, 0) is 105 Å². The van der Waals surface area contributed by atoms with Gasteiger partial charge in [0, 0.05) is 11.1 Å². The lowest BCUT2D eigenvalue weighted by molar-refractivity contribution is -0.118. The Kier molecular flexibility index (Phi) is 14.8. The predicted octanol–water partition coefficient (Wildman–Crippen LogP) is 6.31. The van der Waals surface area contributed by atoms with Crippen LogP contribution in [0.1, 0.15) is 40.5 Å². The van der Waals surface area contributed by atoms with Gasteiger partial charge < -0.3 is 31.2 Å². The molecular weight excluding hydrogens is 621 g/mol. The highest BCUT2D eigenvalue weighted by Gasteiger charge is 2.65. The van der Waals surface area contributed by atoms with Gasteiger partial charge in [-0.15, -0.1) is 0 Å². The Morgan fingerprint density at radius 2 is 0.756 bits per heavy atom. The summed E-state index contributed by atoms with van der Waals surface area (Å²) in [7, 11) is -17.2. The van der Waals surface area contributed by atoms with Gasteiger partial charge in [-0.1, -0.05) is 27.0 Å². The van der Waals surface area contributed by atoms with Crippen LogP contribution in [0.3, 0.4) is 0 Å². The van der Waals surface area contributed by atoms with Crippen LogP contribution in [-0.4, -0.2) is 74.0 Å². The van der Waals surface area contributed by atoms with E-state index < -0.39 is 62.2 Å². The van der Waals surface area contributed by atoms with Gasteiger partial charge >= 0.3 is 17.6 Å². The van der Waals surface area contributed by atoms with Crippen LogP contribution in [0, 0.1) is 0 Å². The Morgan fingerprint density at radius 1 is 0.537 bits per heavy atom. The molecule has 0 aromatic heterocycles. The molecule has 0 saturated carbocycles. The molecule has 0 fully saturated rings. The zero-order chi connectivity index (χ0) is 32.8. The maximum atomic E-state index is 13.1. The molecule has 0 aliphatic heterocycles. The fourth-order valence-corrected chi connectivity index (χ4v) is 27.4. The molecule has 2 N–H and O–H groups in total. The van der Waals surface area contributed by atoms with Crippen molar-refractivity contribution in [2.75, 3.05) is 0 Å². The second kappa shape index (κ2) is 15.0. The van der Waals surface area contributed by atoms with E-state index in [-0.39, 0.29) is 11.8 Å².